The Morgan fingerprint density at radius 2 is 2.05 bits per heavy atom. The molecule has 0 aromatic carbocycles. The van der Waals surface area contributed by atoms with Gasteiger partial charge < -0.3 is 15.3 Å². The lowest BCUT2D eigenvalue weighted by Crippen LogP contribution is -2.50. The van der Waals surface area contributed by atoms with Crippen LogP contribution in [-0.2, 0) is 4.79 Å². The lowest BCUT2D eigenvalue weighted by molar-refractivity contribution is -0.140. The molecule has 0 radical (unpaired) electrons. The minimum absolute atomic E-state index is 0.174. The van der Waals surface area contributed by atoms with E-state index in [0.29, 0.717) is 11.6 Å². The number of carbonyl (C=O) groups excluding carboxylic acids is 1. The fourth-order valence-corrected chi connectivity index (χ4v) is 3.93. The number of likely N-dealkylation sites (tertiary alicyclic amines) is 1. The number of urea groups is 1. The van der Waals surface area contributed by atoms with E-state index in [4.69, 9.17) is 5.11 Å². The van der Waals surface area contributed by atoms with Crippen molar-refractivity contribution in [1.82, 2.24) is 15.1 Å². The van der Waals surface area contributed by atoms with E-state index in [9.17, 15) is 9.59 Å². The van der Waals surface area contributed by atoms with Gasteiger partial charge in [0.05, 0.1) is 5.88 Å². The lowest BCUT2D eigenvalue weighted by Gasteiger charge is -2.23. The maximum atomic E-state index is 12.1. The van der Waals surface area contributed by atoms with E-state index in [2.05, 4.69) is 10.2 Å². The summed E-state index contributed by atoms with van der Waals surface area (Å²) in [6, 6.07) is 0.00939. The SMILES string of the molecule is O=C(O)[C@@H]1CSCN1C(=O)NC1CCN(C2CC2)C1. The predicted molar refractivity (Wildman–Crippen MR) is 72.1 cm³/mol. The summed E-state index contributed by atoms with van der Waals surface area (Å²) in [5, 5.41) is 12.1. The summed E-state index contributed by atoms with van der Waals surface area (Å²) in [4.78, 5) is 27.1. The van der Waals surface area contributed by atoms with E-state index in [1.807, 2.05) is 0 Å². The van der Waals surface area contributed by atoms with Crippen molar-refractivity contribution >= 4 is 23.8 Å². The number of carboxylic acids is 1. The molecule has 3 fully saturated rings. The second-order valence-electron chi connectivity index (χ2n) is 5.48. The van der Waals surface area contributed by atoms with Crippen LogP contribution in [0.5, 0.6) is 0 Å². The second kappa shape index (κ2) is 5.20. The molecule has 2 N–H and O–H groups in total. The molecule has 2 amide bonds. The van der Waals surface area contributed by atoms with Crippen molar-refractivity contribution in [1.29, 1.82) is 0 Å². The highest BCUT2D eigenvalue weighted by Gasteiger charge is 2.38. The molecule has 0 spiro atoms. The normalized spacial score (nSPS) is 31.7. The van der Waals surface area contributed by atoms with Crippen LogP contribution in [-0.4, -0.2) is 69.8 Å². The van der Waals surface area contributed by atoms with Gasteiger partial charge >= 0.3 is 12.0 Å². The van der Waals surface area contributed by atoms with E-state index < -0.39 is 12.0 Å². The first-order chi connectivity index (χ1) is 9.15. The predicted octanol–water partition coefficient (Wildman–Crippen LogP) is 0.392. The average Bonchev–Trinajstić information content (AvgIpc) is 2.92. The number of carboxylic acid groups (broad SMARTS) is 1. The van der Waals surface area contributed by atoms with Crippen molar-refractivity contribution in [2.45, 2.75) is 37.4 Å². The smallest absolute Gasteiger partial charge is 0.327 e. The first kappa shape index (κ1) is 13.1. The molecule has 0 aromatic rings. The zero-order valence-corrected chi connectivity index (χ0v) is 11.6. The highest BCUT2D eigenvalue weighted by molar-refractivity contribution is 7.99. The van der Waals surface area contributed by atoms with Crippen molar-refractivity contribution in [2.24, 2.45) is 0 Å². The summed E-state index contributed by atoms with van der Waals surface area (Å²) in [6.07, 6.45) is 3.54. The summed E-state index contributed by atoms with van der Waals surface area (Å²) in [7, 11) is 0. The standard InChI is InChI=1S/C12H19N3O3S/c16-11(17)10-6-19-7-15(10)12(18)13-8-3-4-14(5-8)9-1-2-9/h8-10H,1-7H2,(H,13,18)(H,16,17)/t8?,10-/m0/s1. The van der Waals surface area contributed by atoms with Crippen LogP contribution in [0, 0.1) is 0 Å². The Hall–Kier alpha value is -0.950. The molecule has 1 saturated carbocycles. The molecule has 0 bridgehead atoms. The maximum Gasteiger partial charge on any atom is 0.327 e. The van der Waals surface area contributed by atoms with Gasteiger partial charge in [-0.1, -0.05) is 0 Å². The molecular formula is C12H19N3O3S. The van der Waals surface area contributed by atoms with Crippen molar-refractivity contribution in [3.05, 3.63) is 0 Å². The Morgan fingerprint density at radius 1 is 1.26 bits per heavy atom. The number of aliphatic carboxylic acids is 1. The van der Waals surface area contributed by atoms with Crippen LogP contribution in [0.25, 0.3) is 0 Å². The topological polar surface area (TPSA) is 72.9 Å². The lowest BCUT2D eigenvalue weighted by atomic mass is 10.2. The molecule has 1 aliphatic carbocycles. The Bertz CT molecular complexity index is 388. The first-order valence-corrected chi connectivity index (χ1v) is 7.92. The van der Waals surface area contributed by atoms with Crippen LogP contribution < -0.4 is 5.32 Å². The summed E-state index contributed by atoms with van der Waals surface area (Å²) < 4.78 is 0. The van der Waals surface area contributed by atoms with Gasteiger partial charge in [0, 0.05) is 30.9 Å². The molecule has 1 unspecified atom stereocenters. The first-order valence-electron chi connectivity index (χ1n) is 6.77. The van der Waals surface area contributed by atoms with Crippen molar-refractivity contribution < 1.29 is 14.7 Å². The number of thioether (sulfide) groups is 1. The minimum atomic E-state index is -0.911. The molecule has 2 saturated heterocycles. The highest BCUT2D eigenvalue weighted by atomic mass is 32.2. The van der Waals surface area contributed by atoms with Crippen LogP contribution in [0.3, 0.4) is 0 Å². The third-order valence-corrected chi connectivity index (χ3v) is 5.05. The number of nitrogens with zero attached hydrogens (tertiary/aromatic N) is 2. The van der Waals surface area contributed by atoms with Gasteiger partial charge in [-0.25, -0.2) is 9.59 Å². The number of carbonyl (C=O) groups is 2. The summed E-state index contributed by atoms with van der Waals surface area (Å²) >= 11 is 1.49. The molecule has 6 nitrogen and oxygen atoms in total. The van der Waals surface area contributed by atoms with Crippen LogP contribution in [0.4, 0.5) is 4.79 Å². The zero-order valence-electron chi connectivity index (χ0n) is 10.7. The van der Waals surface area contributed by atoms with E-state index in [-0.39, 0.29) is 12.1 Å². The Morgan fingerprint density at radius 3 is 2.74 bits per heavy atom. The number of amides is 2. The molecule has 2 atom stereocenters. The van der Waals surface area contributed by atoms with Crippen molar-refractivity contribution in [3.63, 3.8) is 0 Å². The maximum absolute atomic E-state index is 12.1. The van der Waals surface area contributed by atoms with Crippen LogP contribution in [0.15, 0.2) is 0 Å². The van der Waals surface area contributed by atoms with Gasteiger partial charge in [0.25, 0.3) is 0 Å². The molecule has 7 heteroatoms. The Balaban J connectivity index is 1.52. The highest BCUT2D eigenvalue weighted by Crippen LogP contribution is 2.30. The average molecular weight is 285 g/mol. The fourth-order valence-electron chi connectivity index (χ4n) is 2.78. The van der Waals surface area contributed by atoms with E-state index in [1.165, 1.54) is 29.5 Å². The zero-order chi connectivity index (χ0) is 13.4. The number of nitrogens with one attached hydrogen (secondary N) is 1. The molecule has 3 rings (SSSR count). The van der Waals surface area contributed by atoms with E-state index >= 15 is 0 Å². The summed E-state index contributed by atoms with van der Waals surface area (Å²) in [6.45, 7) is 1.96. The molecule has 19 heavy (non-hydrogen) atoms. The largest absolute Gasteiger partial charge is 0.480 e. The Kier molecular flexibility index (Phi) is 3.58. The quantitative estimate of drug-likeness (QED) is 0.785. The molecule has 106 valence electrons. The number of hydrogen-bond donors (Lipinski definition) is 2. The van der Waals surface area contributed by atoms with Gasteiger partial charge in [0.15, 0.2) is 0 Å². The van der Waals surface area contributed by atoms with Gasteiger partial charge in [-0.05, 0) is 19.3 Å². The van der Waals surface area contributed by atoms with Crippen molar-refractivity contribution in [2.75, 3.05) is 24.7 Å². The molecular weight excluding hydrogens is 266 g/mol. The van der Waals surface area contributed by atoms with Crippen molar-refractivity contribution in [3.8, 4) is 0 Å². The second-order valence-corrected chi connectivity index (χ2v) is 6.48. The van der Waals surface area contributed by atoms with Gasteiger partial charge in [-0.3, -0.25) is 4.90 Å². The van der Waals surface area contributed by atoms with E-state index in [1.54, 1.807) is 0 Å². The number of rotatable bonds is 3. The minimum Gasteiger partial charge on any atom is -0.480 e. The third-order valence-electron chi connectivity index (χ3n) is 4.04. The molecule has 3 aliphatic rings. The molecule has 0 aromatic heterocycles. The van der Waals surface area contributed by atoms with Gasteiger partial charge in [-0.15, -0.1) is 11.8 Å². The molecule has 2 aliphatic heterocycles. The van der Waals surface area contributed by atoms with Gasteiger partial charge in [0.2, 0.25) is 0 Å². The Labute approximate surface area is 116 Å². The van der Waals surface area contributed by atoms with Crippen LogP contribution >= 0.6 is 11.8 Å². The third kappa shape index (κ3) is 2.81. The van der Waals surface area contributed by atoms with E-state index in [0.717, 1.165) is 25.6 Å². The van der Waals surface area contributed by atoms with Crippen LogP contribution in [0.1, 0.15) is 19.3 Å². The summed E-state index contributed by atoms with van der Waals surface area (Å²) in [5.74, 6) is 0.0508. The van der Waals surface area contributed by atoms with Gasteiger partial charge in [-0.2, -0.15) is 0 Å². The summed E-state index contributed by atoms with van der Waals surface area (Å²) in [5.41, 5.74) is 0. The fraction of sp³-hybridized carbons (Fsp3) is 0.833. The molecule has 2 heterocycles. The number of hydrogen-bond acceptors (Lipinski definition) is 4. The monoisotopic (exact) mass is 285 g/mol. The van der Waals surface area contributed by atoms with Gasteiger partial charge in [0.1, 0.15) is 6.04 Å². The van der Waals surface area contributed by atoms with Crippen LogP contribution in [0.2, 0.25) is 0 Å².